The lowest BCUT2D eigenvalue weighted by molar-refractivity contribution is -0.129. The summed E-state index contributed by atoms with van der Waals surface area (Å²) >= 11 is 1.45. The number of amides is 1. The van der Waals surface area contributed by atoms with Crippen LogP contribution >= 0.6 is 11.8 Å². The van der Waals surface area contributed by atoms with E-state index in [0.717, 1.165) is 41.0 Å². The van der Waals surface area contributed by atoms with Crippen LogP contribution in [0.3, 0.4) is 0 Å². The molecule has 7 heteroatoms. The van der Waals surface area contributed by atoms with Crippen molar-refractivity contribution < 1.29 is 4.79 Å². The fourth-order valence-electron chi connectivity index (χ4n) is 4.21. The lowest BCUT2D eigenvalue weighted by Gasteiger charge is -2.33. The Morgan fingerprint density at radius 3 is 2.47 bits per heavy atom. The number of hydrogen-bond donors (Lipinski definition) is 0. The van der Waals surface area contributed by atoms with Crippen LogP contribution in [-0.4, -0.2) is 49.4 Å². The number of carbonyl (C=O) groups excluding carboxylic acids is 1. The van der Waals surface area contributed by atoms with Gasteiger partial charge in [0.2, 0.25) is 5.91 Å². The smallest absolute Gasteiger partial charge is 0.233 e. The van der Waals surface area contributed by atoms with Gasteiger partial charge in [-0.25, -0.2) is 0 Å². The van der Waals surface area contributed by atoms with Crippen molar-refractivity contribution in [2.24, 2.45) is 5.92 Å². The van der Waals surface area contributed by atoms with Crippen molar-refractivity contribution in [3.05, 3.63) is 53.9 Å². The van der Waals surface area contributed by atoms with Crippen LogP contribution in [0.1, 0.15) is 43.7 Å². The van der Waals surface area contributed by atoms with Gasteiger partial charge in [0.05, 0.1) is 11.4 Å². The van der Waals surface area contributed by atoms with E-state index >= 15 is 0 Å². The zero-order valence-corrected chi connectivity index (χ0v) is 20.1. The standard InChI is InChI=1S/C25H31N5OS/c1-17-5-8-21(9-6-17)29(4)23(31)16-32-25-28-27-24(20-11-13-26-14-12-20)30(25)22-10-7-18(2)19(3)15-22/h7,10-15,17,21H,5-6,8-9,16H2,1-4H3. The number of carbonyl (C=O) groups is 1. The van der Waals surface area contributed by atoms with Gasteiger partial charge in [-0.15, -0.1) is 10.2 Å². The van der Waals surface area contributed by atoms with E-state index < -0.39 is 0 Å². The maximum Gasteiger partial charge on any atom is 0.233 e. The average molecular weight is 450 g/mol. The summed E-state index contributed by atoms with van der Waals surface area (Å²) in [6.45, 7) is 6.50. The predicted molar refractivity (Wildman–Crippen MR) is 129 cm³/mol. The van der Waals surface area contributed by atoms with Crippen LogP contribution in [0.2, 0.25) is 0 Å². The molecule has 1 aliphatic carbocycles. The van der Waals surface area contributed by atoms with Gasteiger partial charge < -0.3 is 4.90 Å². The SMILES string of the molecule is Cc1ccc(-n2c(SCC(=O)N(C)C3CCC(C)CC3)nnc2-c2ccncc2)cc1C. The zero-order chi connectivity index (χ0) is 22.7. The van der Waals surface area contributed by atoms with Crippen molar-refractivity contribution in [1.29, 1.82) is 0 Å². The van der Waals surface area contributed by atoms with Gasteiger partial charge in [-0.3, -0.25) is 14.3 Å². The van der Waals surface area contributed by atoms with Crippen LogP contribution in [-0.2, 0) is 4.79 Å². The predicted octanol–water partition coefficient (Wildman–Crippen LogP) is 5.08. The van der Waals surface area contributed by atoms with Crippen LogP contribution in [0.15, 0.2) is 47.9 Å². The third-order valence-corrected chi connectivity index (χ3v) is 7.49. The minimum atomic E-state index is 0.148. The fraction of sp³-hybridized carbons (Fsp3) is 0.440. The first-order valence-electron chi connectivity index (χ1n) is 11.3. The molecular formula is C25H31N5OS. The highest BCUT2D eigenvalue weighted by Crippen LogP contribution is 2.30. The Hall–Kier alpha value is -2.67. The van der Waals surface area contributed by atoms with E-state index in [2.05, 4.69) is 54.2 Å². The Bertz CT molecular complexity index is 1070. The molecule has 4 rings (SSSR count). The lowest BCUT2D eigenvalue weighted by atomic mass is 9.87. The normalized spacial score (nSPS) is 18.5. The molecule has 168 valence electrons. The second kappa shape index (κ2) is 9.86. The molecule has 0 bridgehead atoms. The molecule has 1 fully saturated rings. The zero-order valence-electron chi connectivity index (χ0n) is 19.3. The van der Waals surface area contributed by atoms with Crippen LogP contribution in [0.5, 0.6) is 0 Å². The van der Waals surface area contributed by atoms with Gasteiger partial charge in [-0.1, -0.05) is 24.8 Å². The average Bonchev–Trinajstić information content (AvgIpc) is 3.24. The van der Waals surface area contributed by atoms with Crippen LogP contribution in [0, 0.1) is 19.8 Å². The monoisotopic (exact) mass is 449 g/mol. The van der Waals surface area contributed by atoms with Crippen molar-refractivity contribution in [3.63, 3.8) is 0 Å². The summed E-state index contributed by atoms with van der Waals surface area (Å²) in [5.74, 6) is 2.02. The topological polar surface area (TPSA) is 63.9 Å². The van der Waals surface area contributed by atoms with Gasteiger partial charge in [0, 0.05) is 31.0 Å². The Labute approximate surface area is 194 Å². The van der Waals surface area contributed by atoms with E-state index in [1.165, 1.54) is 35.7 Å². The van der Waals surface area contributed by atoms with E-state index in [9.17, 15) is 4.79 Å². The second-order valence-electron chi connectivity index (χ2n) is 8.85. The van der Waals surface area contributed by atoms with E-state index in [1.54, 1.807) is 12.4 Å². The van der Waals surface area contributed by atoms with Gasteiger partial charge in [-0.05, 0) is 80.8 Å². The fourth-order valence-corrected chi connectivity index (χ4v) is 5.09. The van der Waals surface area contributed by atoms with Crippen molar-refractivity contribution in [3.8, 4) is 17.1 Å². The minimum absolute atomic E-state index is 0.148. The molecule has 1 amide bonds. The summed E-state index contributed by atoms with van der Waals surface area (Å²) in [5.41, 5.74) is 4.38. The Morgan fingerprint density at radius 2 is 1.78 bits per heavy atom. The van der Waals surface area contributed by atoms with E-state index in [1.807, 2.05) is 28.6 Å². The molecule has 0 N–H and O–H groups in total. The number of hydrogen-bond acceptors (Lipinski definition) is 5. The van der Waals surface area contributed by atoms with Crippen LogP contribution in [0.4, 0.5) is 0 Å². The first kappa shape index (κ1) is 22.5. The van der Waals surface area contributed by atoms with Crippen molar-refractivity contribution in [1.82, 2.24) is 24.6 Å². The molecule has 1 aromatic carbocycles. The van der Waals surface area contributed by atoms with Crippen molar-refractivity contribution in [2.75, 3.05) is 12.8 Å². The molecule has 3 aromatic rings. The third kappa shape index (κ3) is 4.88. The van der Waals surface area contributed by atoms with E-state index in [-0.39, 0.29) is 5.91 Å². The second-order valence-corrected chi connectivity index (χ2v) is 9.80. The van der Waals surface area contributed by atoms with Gasteiger partial charge in [0.25, 0.3) is 0 Å². The number of benzene rings is 1. The Balaban J connectivity index is 1.58. The summed E-state index contributed by atoms with van der Waals surface area (Å²) in [7, 11) is 1.94. The first-order valence-corrected chi connectivity index (χ1v) is 12.2. The number of aromatic nitrogens is 4. The first-order chi connectivity index (χ1) is 15.4. The molecule has 0 spiro atoms. The van der Waals surface area contributed by atoms with Gasteiger partial charge >= 0.3 is 0 Å². The molecule has 0 saturated heterocycles. The summed E-state index contributed by atoms with van der Waals surface area (Å²) in [6.07, 6.45) is 8.10. The summed E-state index contributed by atoms with van der Waals surface area (Å²) < 4.78 is 2.04. The maximum absolute atomic E-state index is 13.0. The molecule has 2 aromatic heterocycles. The summed E-state index contributed by atoms with van der Waals surface area (Å²) in [6, 6.07) is 10.5. The lowest BCUT2D eigenvalue weighted by Crippen LogP contribution is -2.40. The highest BCUT2D eigenvalue weighted by Gasteiger charge is 2.25. The molecule has 2 heterocycles. The van der Waals surface area contributed by atoms with Crippen molar-refractivity contribution >= 4 is 17.7 Å². The number of aryl methyl sites for hydroxylation is 2. The third-order valence-electron chi connectivity index (χ3n) is 6.57. The quantitative estimate of drug-likeness (QED) is 0.491. The molecule has 6 nitrogen and oxygen atoms in total. The van der Waals surface area contributed by atoms with Crippen molar-refractivity contribution in [2.45, 2.75) is 57.7 Å². The Morgan fingerprint density at radius 1 is 1.06 bits per heavy atom. The number of pyridine rings is 1. The molecule has 32 heavy (non-hydrogen) atoms. The van der Waals surface area contributed by atoms with Crippen LogP contribution < -0.4 is 0 Å². The van der Waals surface area contributed by atoms with E-state index in [4.69, 9.17) is 0 Å². The number of thioether (sulfide) groups is 1. The molecule has 0 unspecified atom stereocenters. The molecule has 1 aliphatic rings. The summed E-state index contributed by atoms with van der Waals surface area (Å²) in [4.78, 5) is 19.0. The van der Waals surface area contributed by atoms with Gasteiger partial charge in [0.15, 0.2) is 11.0 Å². The highest BCUT2D eigenvalue weighted by atomic mass is 32.2. The van der Waals surface area contributed by atoms with Crippen LogP contribution in [0.25, 0.3) is 17.1 Å². The molecule has 0 radical (unpaired) electrons. The Kier molecular flexibility index (Phi) is 6.94. The van der Waals surface area contributed by atoms with Gasteiger partial charge in [-0.2, -0.15) is 0 Å². The number of rotatable bonds is 6. The molecule has 0 atom stereocenters. The number of nitrogens with zero attached hydrogens (tertiary/aromatic N) is 5. The largest absolute Gasteiger partial charge is 0.342 e. The van der Waals surface area contributed by atoms with E-state index in [0.29, 0.717) is 11.8 Å². The maximum atomic E-state index is 13.0. The molecule has 1 saturated carbocycles. The minimum Gasteiger partial charge on any atom is -0.342 e. The molecule has 0 aliphatic heterocycles. The van der Waals surface area contributed by atoms with Gasteiger partial charge in [0.1, 0.15) is 0 Å². The molecular weight excluding hydrogens is 418 g/mol. The summed E-state index contributed by atoms with van der Waals surface area (Å²) in [5, 5.41) is 9.66. The highest BCUT2D eigenvalue weighted by molar-refractivity contribution is 7.99.